The Hall–Kier alpha value is -0.610. The highest BCUT2D eigenvalue weighted by Crippen LogP contribution is 2.55. The van der Waals surface area contributed by atoms with Crippen LogP contribution in [0.5, 0.6) is 0 Å². The van der Waals surface area contributed by atoms with Gasteiger partial charge in [-0.15, -0.1) is 0 Å². The molecule has 0 N–H and O–H groups in total. The third kappa shape index (κ3) is 6.54. The van der Waals surface area contributed by atoms with Crippen molar-refractivity contribution in [2.75, 3.05) is 7.11 Å². The number of fused-ring (bicyclic) bond motifs is 2. The average molecular weight is 467 g/mol. The predicted octanol–water partition coefficient (Wildman–Crippen LogP) is 7.78. The van der Waals surface area contributed by atoms with Crippen LogP contribution in [0.1, 0.15) is 121 Å². The van der Waals surface area contributed by atoms with Crippen LogP contribution in [0.3, 0.4) is 0 Å². The molecule has 0 aromatic carbocycles. The van der Waals surface area contributed by atoms with Crippen LogP contribution in [0.15, 0.2) is 0 Å². The first-order chi connectivity index (χ1) is 14.9. The molecule has 0 saturated heterocycles. The van der Waals surface area contributed by atoms with E-state index in [0.29, 0.717) is 11.8 Å². The van der Waals surface area contributed by atoms with Crippen LogP contribution in [-0.2, 0) is 19.0 Å². The van der Waals surface area contributed by atoms with E-state index in [0.717, 1.165) is 38.5 Å². The summed E-state index contributed by atoms with van der Waals surface area (Å²) in [5.74, 6) is 1.31. The molecule has 0 heterocycles. The molecule has 4 heteroatoms. The number of carbonyl (C=O) groups excluding carboxylic acids is 1. The van der Waals surface area contributed by atoms with Crippen LogP contribution in [0.25, 0.3) is 0 Å². The number of carbonyl (C=O) groups is 1. The fourth-order valence-corrected chi connectivity index (χ4v) is 6.74. The molecule has 2 rings (SSSR count). The molecule has 2 aliphatic carbocycles. The lowest BCUT2D eigenvalue weighted by Crippen LogP contribution is -2.58. The lowest BCUT2D eigenvalue weighted by atomic mass is 9.59. The van der Waals surface area contributed by atoms with Gasteiger partial charge in [0.25, 0.3) is 0 Å². The Labute approximate surface area is 204 Å². The Morgan fingerprint density at radius 3 is 2.09 bits per heavy atom. The molecular weight excluding hydrogens is 412 g/mol. The van der Waals surface area contributed by atoms with Gasteiger partial charge < -0.3 is 14.2 Å². The summed E-state index contributed by atoms with van der Waals surface area (Å²) in [6.07, 6.45) is 6.33. The van der Waals surface area contributed by atoms with Gasteiger partial charge in [0.15, 0.2) is 6.29 Å². The van der Waals surface area contributed by atoms with Crippen LogP contribution in [0, 0.1) is 34.0 Å². The van der Waals surface area contributed by atoms with E-state index >= 15 is 0 Å². The SMILES string of the molecule is CCC1(OC(OC)C(C)C)CC2CC(C)CC(OC(=O)C(C)(CC(C)(C)C)C(C)(C)C)(C2)C1. The third-order valence-corrected chi connectivity index (χ3v) is 8.51. The smallest absolute Gasteiger partial charge is 0.312 e. The maximum atomic E-state index is 14.1. The molecule has 33 heavy (non-hydrogen) atoms. The van der Waals surface area contributed by atoms with Crippen LogP contribution >= 0.6 is 0 Å². The molecule has 2 saturated carbocycles. The van der Waals surface area contributed by atoms with Crippen molar-refractivity contribution in [3.05, 3.63) is 0 Å². The summed E-state index contributed by atoms with van der Waals surface area (Å²) in [5.41, 5.74) is -1.48. The second-order valence-corrected chi connectivity index (χ2v) is 14.4. The first kappa shape index (κ1) is 28.6. The van der Waals surface area contributed by atoms with Gasteiger partial charge in [0.2, 0.25) is 0 Å². The summed E-state index contributed by atoms with van der Waals surface area (Å²) in [6.45, 7) is 24.1. The van der Waals surface area contributed by atoms with E-state index in [1.54, 1.807) is 7.11 Å². The van der Waals surface area contributed by atoms with E-state index in [4.69, 9.17) is 14.2 Å². The molecular formula is C29H54O4. The van der Waals surface area contributed by atoms with Gasteiger partial charge in [0, 0.05) is 19.4 Å². The Morgan fingerprint density at radius 1 is 1.03 bits per heavy atom. The molecule has 6 atom stereocenters. The summed E-state index contributed by atoms with van der Waals surface area (Å²) in [6, 6.07) is 0. The molecule has 0 aromatic rings. The second kappa shape index (κ2) is 9.80. The molecule has 2 bridgehead atoms. The van der Waals surface area contributed by atoms with Crippen molar-refractivity contribution in [1.29, 1.82) is 0 Å². The Bertz CT molecular complexity index is 668. The van der Waals surface area contributed by atoms with Gasteiger partial charge >= 0.3 is 5.97 Å². The van der Waals surface area contributed by atoms with Gasteiger partial charge in [0.1, 0.15) is 5.60 Å². The maximum absolute atomic E-state index is 14.1. The van der Waals surface area contributed by atoms with Gasteiger partial charge in [-0.1, -0.05) is 69.2 Å². The normalized spacial score (nSPS) is 33.5. The lowest BCUT2D eigenvalue weighted by Gasteiger charge is -2.56. The highest BCUT2D eigenvalue weighted by molar-refractivity contribution is 5.78. The summed E-state index contributed by atoms with van der Waals surface area (Å²) in [5, 5.41) is 0. The Balaban J connectivity index is 2.41. The van der Waals surface area contributed by atoms with Gasteiger partial charge in [-0.3, -0.25) is 4.79 Å². The van der Waals surface area contributed by atoms with Gasteiger partial charge in [0.05, 0.1) is 11.0 Å². The largest absolute Gasteiger partial charge is 0.459 e. The molecule has 2 aliphatic rings. The van der Waals surface area contributed by atoms with Crippen molar-refractivity contribution in [2.45, 2.75) is 139 Å². The maximum Gasteiger partial charge on any atom is 0.312 e. The topological polar surface area (TPSA) is 44.8 Å². The molecule has 194 valence electrons. The minimum absolute atomic E-state index is 0.0307. The number of hydrogen-bond donors (Lipinski definition) is 0. The van der Waals surface area contributed by atoms with E-state index in [9.17, 15) is 4.79 Å². The zero-order valence-corrected chi connectivity index (χ0v) is 23.9. The predicted molar refractivity (Wildman–Crippen MR) is 136 cm³/mol. The van der Waals surface area contributed by atoms with Crippen molar-refractivity contribution in [3.63, 3.8) is 0 Å². The summed E-state index contributed by atoms with van der Waals surface area (Å²) >= 11 is 0. The molecule has 0 aromatic heterocycles. The molecule has 2 fully saturated rings. The van der Waals surface area contributed by atoms with E-state index in [1.165, 1.54) is 6.42 Å². The minimum atomic E-state index is -0.559. The first-order valence-electron chi connectivity index (χ1n) is 13.3. The van der Waals surface area contributed by atoms with E-state index in [2.05, 4.69) is 76.2 Å². The fourth-order valence-electron chi connectivity index (χ4n) is 6.74. The summed E-state index contributed by atoms with van der Waals surface area (Å²) in [7, 11) is 1.73. The van der Waals surface area contributed by atoms with Crippen molar-refractivity contribution in [3.8, 4) is 0 Å². The van der Waals surface area contributed by atoms with Crippen LogP contribution in [-0.4, -0.2) is 30.6 Å². The minimum Gasteiger partial charge on any atom is -0.459 e. The highest BCUT2D eigenvalue weighted by Gasteiger charge is 2.57. The van der Waals surface area contributed by atoms with Crippen molar-refractivity contribution >= 4 is 5.97 Å². The zero-order valence-electron chi connectivity index (χ0n) is 23.9. The monoisotopic (exact) mass is 466 g/mol. The number of ether oxygens (including phenoxy) is 3. The molecule has 4 nitrogen and oxygen atoms in total. The van der Waals surface area contributed by atoms with Crippen molar-refractivity contribution in [2.24, 2.45) is 34.0 Å². The van der Waals surface area contributed by atoms with E-state index in [-0.39, 0.29) is 34.6 Å². The zero-order chi connectivity index (χ0) is 25.5. The molecule has 0 radical (unpaired) electrons. The fraction of sp³-hybridized carbons (Fsp3) is 0.966. The Kier molecular flexibility index (Phi) is 8.50. The van der Waals surface area contributed by atoms with Gasteiger partial charge in [-0.2, -0.15) is 0 Å². The molecule has 0 amide bonds. The first-order valence-corrected chi connectivity index (χ1v) is 13.3. The standard InChI is InChI=1S/C29H54O4/c1-13-28(32-23(31-12)20(2)3)16-22-14-21(4)15-29(17-22,19-28)33-24(30)27(11,26(8,9)10)18-25(5,6)7/h20-23H,13-19H2,1-12H3. The van der Waals surface area contributed by atoms with Crippen LogP contribution in [0.2, 0.25) is 0 Å². The van der Waals surface area contributed by atoms with E-state index in [1.807, 2.05) is 0 Å². The van der Waals surface area contributed by atoms with Crippen molar-refractivity contribution < 1.29 is 19.0 Å². The molecule has 0 aliphatic heterocycles. The third-order valence-electron chi connectivity index (χ3n) is 8.51. The van der Waals surface area contributed by atoms with Gasteiger partial charge in [-0.05, 0) is 68.1 Å². The van der Waals surface area contributed by atoms with Crippen molar-refractivity contribution in [1.82, 2.24) is 0 Å². The highest BCUT2D eigenvalue weighted by atomic mass is 16.7. The van der Waals surface area contributed by atoms with Crippen LogP contribution in [0.4, 0.5) is 0 Å². The molecule has 6 unspecified atom stereocenters. The van der Waals surface area contributed by atoms with Crippen LogP contribution < -0.4 is 0 Å². The number of methoxy groups -OCH3 is 1. The van der Waals surface area contributed by atoms with E-state index < -0.39 is 11.0 Å². The number of hydrogen-bond acceptors (Lipinski definition) is 4. The average Bonchev–Trinajstić information content (AvgIpc) is 2.62. The second-order valence-electron chi connectivity index (χ2n) is 14.4. The summed E-state index contributed by atoms with van der Waals surface area (Å²) < 4.78 is 19.2. The quantitative estimate of drug-likeness (QED) is 0.270. The number of esters is 1. The lowest BCUT2D eigenvalue weighted by molar-refractivity contribution is -0.264. The Morgan fingerprint density at radius 2 is 1.64 bits per heavy atom. The number of rotatable bonds is 8. The molecule has 0 spiro atoms. The summed E-state index contributed by atoms with van der Waals surface area (Å²) in [4.78, 5) is 14.1. The van der Waals surface area contributed by atoms with Gasteiger partial charge in [-0.25, -0.2) is 0 Å².